The highest BCUT2D eigenvalue weighted by molar-refractivity contribution is 7.92. The number of rotatable bonds is 10. The number of hydrogen-bond donors (Lipinski definition) is 1. The lowest BCUT2D eigenvalue weighted by atomic mass is 10.2. The summed E-state index contributed by atoms with van der Waals surface area (Å²) in [6.45, 7) is 3.18. The minimum absolute atomic E-state index is 0.0544. The molecule has 0 radical (unpaired) electrons. The Balaban J connectivity index is 1.59. The van der Waals surface area contributed by atoms with Crippen LogP contribution in [0.2, 0.25) is 0 Å². The summed E-state index contributed by atoms with van der Waals surface area (Å²) in [6, 6.07) is 16.3. The van der Waals surface area contributed by atoms with Crippen LogP contribution in [0.4, 0.5) is 11.4 Å². The molecule has 0 aliphatic heterocycles. The zero-order valence-corrected chi connectivity index (χ0v) is 22.1. The number of nitro groups is 1. The topological polar surface area (TPSA) is 142 Å². The average Bonchev–Trinajstić information content (AvgIpc) is 3.25. The first-order valence-corrected chi connectivity index (χ1v) is 13.7. The molecule has 1 amide bonds. The smallest absolute Gasteiger partial charge is 0.279 e. The summed E-state index contributed by atoms with van der Waals surface area (Å²) in [6.07, 6.45) is 0. The van der Waals surface area contributed by atoms with Crippen molar-refractivity contribution in [1.29, 1.82) is 0 Å². The monoisotopic (exact) mass is 556 g/mol. The van der Waals surface area contributed by atoms with Gasteiger partial charge in [0.15, 0.2) is 4.80 Å². The number of ether oxygens (including phenoxy) is 2. The standard InChI is InChI=1S/C25H24N4O7S2/c1-3-36-15-14-28-22-13-8-19(29(31)32)16-23(22)37-25(28)26-24(30)17-4-6-18(7-5-17)27-38(33,34)21-11-9-20(35-2)10-12-21/h4-13,16,27H,3,14-15H2,1-2H3. The van der Waals surface area contributed by atoms with Gasteiger partial charge in [0.2, 0.25) is 0 Å². The maximum Gasteiger partial charge on any atom is 0.279 e. The molecule has 0 bridgehead atoms. The molecule has 4 aromatic rings. The Labute approximate surface area is 222 Å². The maximum atomic E-state index is 13.0. The normalized spacial score (nSPS) is 12.0. The van der Waals surface area contributed by atoms with Gasteiger partial charge >= 0.3 is 0 Å². The molecule has 0 fully saturated rings. The molecule has 0 unspecified atom stereocenters. The third kappa shape index (κ3) is 6.07. The van der Waals surface area contributed by atoms with Gasteiger partial charge in [-0.25, -0.2) is 8.42 Å². The first-order valence-electron chi connectivity index (χ1n) is 11.4. The fraction of sp³-hybridized carbons (Fsp3) is 0.200. The van der Waals surface area contributed by atoms with Crippen LogP contribution in [0.1, 0.15) is 17.3 Å². The number of nitrogens with zero attached hydrogens (tertiary/aromatic N) is 3. The number of fused-ring (bicyclic) bond motifs is 1. The number of carbonyl (C=O) groups is 1. The first-order chi connectivity index (χ1) is 18.2. The Morgan fingerprint density at radius 3 is 2.45 bits per heavy atom. The van der Waals surface area contributed by atoms with Crippen molar-refractivity contribution in [3.05, 3.63) is 87.2 Å². The molecule has 1 N–H and O–H groups in total. The van der Waals surface area contributed by atoms with E-state index in [4.69, 9.17) is 9.47 Å². The Bertz CT molecular complexity index is 1640. The number of nitro benzene ring substituents is 1. The molecule has 38 heavy (non-hydrogen) atoms. The highest BCUT2D eigenvalue weighted by atomic mass is 32.2. The van der Waals surface area contributed by atoms with Gasteiger partial charge in [-0.2, -0.15) is 4.99 Å². The van der Waals surface area contributed by atoms with Crippen LogP contribution in [0.25, 0.3) is 10.2 Å². The first kappa shape index (κ1) is 27.0. The van der Waals surface area contributed by atoms with E-state index in [0.29, 0.717) is 40.5 Å². The van der Waals surface area contributed by atoms with Gasteiger partial charge in [0.25, 0.3) is 21.6 Å². The average molecular weight is 557 g/mol. The van der Waals surface area contributed by atoms with Crippen molar-refractivity contribution < 1.29 is 27.6 Å². The molecule has 0 aliphatic carbocycles. The van der Waals surface area contributed by atoms with Crippen LogP contribution >= 0.6 is 11.3 Å². The molecule has 0 saturated heterocycles. The van der Waals surface area contributed by atoms with Gasteiger partial charge in [0, 0.05) is 36.5 Å². The molecule has 1 aromatic heterocycles. The minimum Gasteiger partial charge on any atom is -0.497 e. The summed E-state index contributed by atoms with van der Waals surface area (Å²) >= 11 is 1.16. The predicted molar refractivity (Wildman–Crippen MR) is 143 cm³/mol. The number of benzene rings is 3. The van der Waals surface area contributed by atoms with E-state index in [1.807, 2.05) is 6.92 Å². The van der Waals surface area contributed by atoms with Crippen LogP contribution < -0.4 is 14.3 Å². The van der Waals surface area contributed by atoms with E-state index in [1.54, 1.807) is 22.8 Å². The molecule has 198 valence electrons. The lowest BCUT2D eigenvalue weighted by Crippen LogP contribution is -2.19. The second kappa shape index (κ2) is 11.5. The number of hydrogen-bond acceptors (Lipinski definition) is 8. The van der Waals surface area contributed by atoms with E-state index in [-0.39, 0.29) is 21.8 Å². The highest BCUT2D eigenvalue weighted by Crippen LogP contribution is 2.24. The fourth-order valence-electron chi connectivity index (χ4n) is 3.58. The number of thiazole rings is 1. The minimum atomic E-state index is -3.84. The third-order valence-corrected chi connectivity index (χ3v) is 7.93. The second-order valence-electron chi connectivity index (χ2n) is 7.92. The zero-order valence-electron chi connectivity index (χ0n) is 20.5. The number of carbonyl (C=O) groups excluding carboxylic acids is 1. The number of anilines is 1. The molecule has 4 rings (SSSR count). The van der Waals surface area contributed by atoms with Crippen LogP contribution in [0.5, 0.6) is 5.75 Å². The summed E-state index contributed by atoms with van der Waals surface area (Å²) in [4.78, 5) is 28.4. The molecular formula is C25H24N4O7S2. The van der Waals surface area contributed by atoms with Crippen molar-refractivity contribution in [3.8, 4) is 5.75 Å². The number of sulfonamides is 1. The highest BCUT2D eigenvalue weighted by Gasteiger charge is 2.16. The van der Waals surface area contributed by atoms with Crippen molar-refractivity contribution in [2.75, 3.05) is 25.0 Å². The Kier molecular flexibility index (Phi) is 8.20. The molecule has 1 heterocycles. The van der Waals surface area contributed by atoms with Gasteiger partial charge in [0.05, 0.1) is 33.8 Å². The number of nitrogens with one attached hydrogen (secondary N) is 1. The van der Waals surface area contributed by atoms with Crippen molar-refractivity contribution in [1.82, 2.24) is 4.57 Å². The molecule has 0 spiro atoms. The molecule has 0 atom stereocenters. The van der Waals surface area contributed by atoms with Gasteiger partial charge in [-0.3, -0.25) is 19.6 Å². The molecule has 0 aliphatic rings. The van der Waals surface area contributed by atoms with E-state index in [1.165, 1.54) is 55.6 Å². The molecule has 13 heteroatoms. The SMILES string of the molecule is CCOCCn1c(=NC(=O)c2ccc(NS(=O)(=O)c3ccc(OC)cc3)cc2)sc2cc([N+](=O)[O-])ccc21. The van der Waals surface area contributed by atoms with Gasteiger partial charge in [-0.05, 0) is 61.5 Å². The number of aromatic nitrogens is 1. The van der Waals surface area contributed by atoms with E-state index in [9.17, 15) is 23.3 Å². The lowest BCUT2D eigenvalue weighted by molar-refractivity contribution is -0.384. The van der Waals surface area contributed by atoms with Crippen molar-refractivity contribution in [2.45, 2.75) is 18.4 Å². The largest absolute Gasteiger partial charge is 0.497 e. The van der Waals surface area contributed by atoms with Gasteiger partial charge in [-0.15, -0.1) is 0 Å². The molecule has 0 saturated carbocycles. The summed E-state index contributed by atoms with van der Waals surface area (Å²) < 4.78 is 40.7. The van der Waals surface area contributed by atoms with Crippen LogP contribution in [0, 0.1) is 10.1 Å². The number of methoxy groups -OCH3 is 1. The van der Waals surface area contributed by atoms with E-state index in [0.717, 1.165) is 11.3 Å². The van der Waals surface area contributed by atoms with Gasteiger partial charge < -0.3 is 14.0 Å². The van der Waals surface area contributed by atoms with Crippen LogP contribution in [-0.2, 0) is 21.3 Å². The number of amides is 1. The van der Waals surface area contributed by atoms with Crippen LogP contribution in [0.15, 0.2) is 76.6 Å². The predicted octanol–water partition coefficient (Wildman–Crippen LogP) is 4.20. The maximum absolute atomic E-state index is 13.0. The third-order valence-electron chi connectivity index (χ3n) is 5.49. The summed E-state index contributed by atoms with van der Waals surface area (Å²) in [5.74, 6) is -0.00703. The van der Waals surface area contributed by atoms with Gasteiger partial charge in [-0.1, -0.05) is 11.3 Å². The zero-order chi connectivity index (χ0) is 27.3. The molecule has 11 nitrogen and oxygen atoms in total. The van der Waals surface area contributed by atoms with E-state index < -0.39 is 20.9 Å². The Morgan fingerprint density at radius 2 is 1.82 bits per heavy atom. The Morgan fingerprint density at radius 1 is 1.11 bits per heavy atom. The van der Waals surface area contributed by atoms with Crippen LogP contribution in [0.3, 0.4) is 0 Å². The summed E-state index contributed by atoms with van der Waals surface area (Å²) in [5.41, 5.74) is 1.17. The number of non-ortho nitro benzene ring substituents is 1. The van der Waals surface area contributed by atoms with Crippen molar-refractivity contribution in [3.63, 3.8) is 0 Å². The van der Waals surface area contributed by atoms with Crippen molar-refractivity contribution in [2.24, 2.45) is 4.99 Å². The summed E-state index contributed by atoms with van der Waals surface area (Å²) in [7, 11) is -2.35. The molecule has 3 aromatic carbocycles. The second-order valence-corrected chi connectivity index (χ2v) is 10.6. The Hall–Kier alpha value is -4.07. The quantitative estimate of drug-likeness (QED) is 0.175. The van der Waals surface area contributed by atoms with E-state index >= 15 is 0 Å². The molecular weight excluding hydrogens is 532 g/mol. The van der Waals surface area contributed by atoms with Crippen molar-refractivity contribution >= 4 is 48.9 Å². The summed E-state index contributed by atoms with van der Waals surface area (Å²) in [5, 5.41) is 11.2. The fourth-order valence-corrected chi connectivity index (χ4v) is 5.72. The van der Waals surface area contributed by atoms with Crippen LogP contribution in [-0.4, -0.2) is 44.1 Å². The van der Waals surface area contributed by atoms with Gasteiger partial charge in [0.1, 0.15) is 5.75 Å². The lowest BCUT2D eigenvalue weighted by Gasteiger charge is -2.09. The van der Waals surface area contributed by atoms with E-state index in [2.05, 4.69) is 9.71 Å².